The molecule has 0 aromatic carbocycles. The Kier molecular flexibility index (Phi) is 3.59. The molecule has 2 atom stereocenters. The Morgan fingerprint density at radius 1 is 1.39 bits per heavy atom. The summed E-state index contributed by atoms with van der Waals surface area (Å²) in [6, 6.07) is 0. The van der Waals surface area contributed by atoms with Crippen molar-refractivity contribution in [3.05, 3.63) is 12.7 Å². The van der Waals surface area contributed by atoms with Gasteiger partial charge in [0.25, 0.3) is 0 Å². The third kappa shape index (κ3) is 2.49. The van der Waals surface area contributed by atoms with Gasteiger partial charge in [-0.1, -0.05) is 25.5 Å². The number of rotatable bonds is 4. The Bertz CT molecular complexity index is 354. The number of hydrogen-bond acceptors (Lipinski definition) is 3. The maximum atomic E-state index is 11.6. The van der Waals surface area contributed by atoms with Crippen LogP contribution in [0.3, 0.4) is 0 Å². The Balaban J connectivity index is 2.05. The Labute approximate surface area is 106 Å². The highest BCUT2D eigenvalue weighted by Crippen LogP contribution is 2.46. The number of amides is 1. The van der Waals surface area contributed by atoms with E-state index in [1.807, 2.05) is 0 Å². The molecule has 0 spiro atoms. The van der Waals surface area contributed by atoms with E-state index in [1.54, 1.807) is 0 Å². The molecule has 2 bridgehead atoms. The van der Waals surface area contributed by atoms with Gasteiger partial charge in [-0.15, -0.1) is 0 Å². The first-order valence-electron chi connectivity index (χ1n) is 6.35. The number of carbonyl (C=O) groups excluding carboxylic acids is 1. The number of fused-ring (bicyclic) bond motifs is 2. The van der Waals surface area contributed by atoms with Crippen molar-refractivity contribution in [3.8, 4) is 0 Å². The van der Waals surface area contributed by atoms with E-state index >= 15 is 0 Å². The number of nitrogens with one attached hydrogen (secondary N) is 1. The summed E-state index contributed by atoms with van der Waals surface area (Å²) >= 11 is 0. The van der Waals surface area contributed by atoms with Crippen LogP contribution in [-0.4, -0.2) is 29.3 Å². The lowest BCUT2D eigenvalue weighted by Crippen LogP contribution is -2.57. The number of aliphatic carboxylic acids is 1. The van der Waals surface area contributed by atoms with Gasteiger partial charge < -0.3 is 15.2 Å². The van der Waals surface area contributed by atoms with Crippen molar-refractivity contribution in [3.63, 3.8) is 0 Å². The normalized spacial score (nSPS) is 33.8. The van der Waals surface area contributed by atoms with Gasteiger partial charge in [-0.05, 0) is 31.1 Å². The smallest absolute Gasteiger partial charge is 0.408 e. The molecule has 0 aromatic rings. The summed E-state index contributed by atoms with van der Waals surface area (Å²) < 4.78 is 4.83. The Morgan fingerprint density at radius 3 is 2.50 bits per heavy atom. The number of alkyl carbamates (subject to hydrolysis) is 1. The number of carbonyl (C=O) groups is 2. The summed E-state index contributed by atoms with van der Waals surface area (Å²) in [5, 5.41) is 12.0. The minimum Gasteiger partial charge on any atom is -0.480 e. The quantitative estimate of drug-likeness (QED) is 0.751. The summed E-state index contributed by atoms with van der Waals surface area (Å²) in [6.45, 7) is 3.54. The van der Waals surface area contributed by atoms with Gasteiger partial charge in [0.05, 0.1) is 0 Å². The minimum atomic E-state index is -1.14. The fraction of sp³-hybridized carbons (Fsp3) is 0.692. The average Bonchev–Trinajstić information content (AvgIpc) is 2.66. The summed E-state index contributed by atoms with van der Waals surface area (Å²) in [6.07, 6.45) is 5.06. The van der Waals surface area contributed by atoms with E-state index < -0.39 is 17.6 Å². The molecule has 2 aliphatic carbocycles. The predicted octanol–water partition coefficient (Wildman–Crippen LogP) is 1.93. The van der Waals surface area contributed by atoms with E-state index in [1.165, 1.54) is 6.08 Å². The molecule has 0 radical (unpaired) electrons. The second kappa shape index (κ2) is 5.00. The lowest BCUT2D eigenvalue weighted by Gasteiger charge is -2.37. The number of carboxylic acids is 1. The molecule has 2 fully saturated rings. The molecule has 5 heteroatoms. The van der Waals surface area contributed by atoms with Crippen molar-refractivity contribution in [1.29, 1.82) is 0 Å². The molecule has 2 N–H and O–H groups in total. The van der Waals surface area contributed by atoms with E-state index in [9.17, 15) is 14.7 Å². The highest BCUT2D eigenvalue weighted by Gasteiger charge is 2.50. The molecule has 0 heterocycles. The Morgan fingerprint density at radius 2 is 2.00 bits per heavy atom. The molecular formula is C13H19NO4. The standard InChI is InChI=1S/C13H19NO4/c1-2-5-18-12(17)14-13(11(15)16)7-9-3-4-10(6-9)8-13/h2,9-10H,1,3-8H2,(H,14,17)(H,15,16). The van der Waals surface area contributed by atoms with Crippen LogP contribution in [-0.2, 0) is 9.53 Å². The molecule has 5 nitrogen and oxygen atoms in total. The van der Waals surface area contributed by atoms with Crippen LogP contribution in [0.5, 0.6) is 0 Å². The largest absolute Gasteiger partial charge is 0.480 e. The molecule has 2 rings (SSSR count). The van der Waals surface area contributed by atoms with Crippen molar-refractivity contribution in [1.82, 2.24) is 5.32 Å². The van der Waals surface area contributed by atoms with Crippen LogP contribution in [0.25, 0.3) is 0 Å². The molecule has 18 heavy (non-hydrogen) atoms. The van der Waals surface area contributed by atoms with E-state index in [-0.39, 0.29) is 6.61 Å². The zero-order chi connectivity index (χ0) is 13.2. The van der Waals surface area contributed by atoms with E-state index in [4.69, 9.17) is 4.74 Å². The van der Waals surface area contributed by atoms with Gasteiger partial charge in [-0.25, -0.2) is 9.59 Å². The summed E-state index contributed by atoms with van der Waals surface area (Å²) in [5.74, 6) is -0.117. The van der Waals surface area contributed by atoms with Crippen molar-refractivity contribution in [2.45, 2.75) is 37.6 Å². The van der Waals surface area contributed by atoms with Crippen LogP contribution in [0.2, 0.25) is 0 Å². The van der Waals surface area contributed by atoms with Gasteiger partial charge in [0.15, 0.2) is 0 Å². The molecule has 2 saturated carbocycles. The van der Waals surface area contributed by atoms with Crippen molar-refractivity contribution < 1.29 is 19.4 Å². The number of hydrogen-bond donors (Lipinski definition) is 2. The molecule has 0 aliphatic heterocycles. The Hall–Kier alpha value is -1.52. The lowest BCUT2D eigenvalue weighted by atomic mass is 9.75. The second-order valence-corrected chi connectivity index (χ2v) is 5.35. The first kappa shape index (κ1) is 12.9. The molecule has 0 aromatic heterocycles. The van der Waals surface area contributed by atoms with Gasteiger partial charge >= 0.3 is 12.1 Å². The van der Waals surface area contributed by atoms with E-state index in [0.29, 0.717) is 24.7 Å². The molecule has 2 unspecified atom stereocenters. The van der Waals surface area contributed by atoms with Crippen LogP contribution < -0.4 is 5.32 Å². The molecule has 2 aliphatic rings. The first-order valence-corrected chi connectivity index (χ1v) is 6.35. The van der Waals surface area contributed by atoms with Gasteiger partial charge in [0.1, 0.15) is 12.1 Å². The molecule has 1 amide bonds. The average molecular weight is 253 g/mol. The molecular weight excluding hydrogens is 234 g/mol. The van der Waals surface area contributed by atoms with Gasteiger partial charge in [0, 0.05) is 0 Å². The maximum absolute atomic E-state index is 11.6. The summed E-state index contributed by atoms with van der Waals surface area (Å²) in [7, 11) is 0. The predicted molar refractivity (Wildman–Crippen MR) is 65.1 cm³/mol. The first-order chi connectivity index (χ1) is 8.55. The highest BCUT2D eigenvalue weighted by atomic mass is 16.5. The van der Waals surface area contributed by atoms with Crippen molar-refractivity contribution >= 4 is 12.1 Å². The van der Waals surface area contributed by atoms with Crippen LogP contribution >= 0.6 is 0 Å². The van der Waals surface area contributed by atoms with Gasteiger partial charge in [-0.3, -0.25) is 0 Å². The van der Waals surface area contributed by atoms with Crippen molar-refractivity contribution in [2.24, 2.45) is 11.8 Å². The zero-order valence-electron chi connectivity index (χ0n) is 10.4. The lowest BCUT2D eigenvalue weighted by molar-refractivity contribution is -0.147. The van der Waals surface area contributed by atoms with Gasteiger partial charge in [0.2, 0.25) is 0 Å². The van der Waals surface area contributed by atoms with Crippen LogP contribution in [0.1, 0.15) is 32.1 Å². The van der Waals surface area contributed by atoms with E-state index in [0.717, 1.165) is 19.3 Å². The second-order valence-electron chi connectivity index (χ2n) is 5.35. The SMILES string of the molecule is C=CCOC(=O)NC1(C(=O)O)CC2CCC(C2)C1. The number of ether oxygens (including phenoxy) is 1. The van der Waals surface area contributed by atoms with E-state index in [2.05, 4.69) is 11.9 Å². The fourth-order valence-electron chi connectivity index (χ4n) is 3.31. The number of carboxylic acid groups (broad SMARTS) is 1. The van der Waals surface area contributed by atoms with Crippen LogP contribution in [0.15, 0.2) is 12.7 Å². The third-order valence-electron chi connectivity index (χ3n) is 4.01. The van der Waals surface area contributed by atoms with Crippen LogP contribution in [0, 0.1) is 11.8 Å². The van der Waals surface area contributed by atoms with Crippen LogP contribution in [0.4, 0.5) is 4.79 Å². The highest BCUT2D eigenvalue weighted by molar-refractivity contribution is 5.84. The third-order valence-corrected chi connectivity index (χ3v) is 4.01. The minimum absolute atomic E-state index is 0.0917. The maximum Gasteiger partial charge on any atom is 0.408 e. The molecule has 0 saturated heterocycles. The van der Waals surface area contributed by atoms with Gasteiger partial charge in [-0.2, -0.15) is 0 Å². The fourth-order valence-corrected chi connectivity index (χ4v) is 3.31. The molecule has 100 valence electrons. The zero-order valence-corrected chi connectivity index (χ0v) is 10.4. The monoisotopic (exact) mass is 253 g/mol. The summed E-state index contributed by atoms with van der Waals surface area (Å²) in [5.41, 5.74) is -1.14. The van der Waals surface area contributed by atoms with Crippen molar-refractivity contribution in [2.75, 3.05) is 6.61 Å². The summed E-state index contributed by atoms with van der Waals surface area (Å²) in [4.78, 5) is 23.1. The topological polar surface area (TPSA) is 75.6 Å².